The molecule has 21 heavy (non-hydrogen) atoms. The molecule has 1 aliphatic heterocycles. The highest BCUT2D eigenvalue weighted by atomic mass is 16.5. The summed E-state index contributed by atoms with van der Waals surface area (Å²) in [4.78, 5) is 4.28. The smallest absolute Gasteiger partial charge is 0.122 e. The van der Waals surface area contributed by atoms with Gasteiger partial charge < -0.3 is 9.84 Å². The molecule has 0 aliphatic carbocycles. The minimum Gasteiger partial charge on any atom is -0.493 e. The topological polar surface area (TPSA) is 42.4 Å². The highest BCUT2D eigenvalue weighted by molar-refractivity contribution is 5.39. The van der Waals surface area contributed by atoms with Gasteiger partial charge in [-0.2, -0.15) is 0 Å². The van der Waals surface area contributed by atoms with Crippen LogP contribution in [0.5, 0.6) is 5.75 Å². The summed E-state index contributed by atoms with van der Waals surface area (Å²) in [5, 5.41) is 10.1. The zero-order valence-corrected chi connectivity index (χ0v) is 12.2. The van der Waals surface area contributed by atoms with Gasteiger partial charge in [0.25, 0.3) is 0 Å². The number of fused-ring (bicyclic) bond motifs is 1. The Kier molecular flexibility index (Phi) is 4.51. The summed E-state index contributed by atoms with van der Waals surface area (Å²) in [7, 11) is 0. The van der Waals surface area contributed by atoms with Crippen molar-refractivity contribution in [2.75, 3.05) is 6.61 Å². The third-order valence-corrected chi connectivity index (χ3v) is 3.98. The molecule has 3 heteroatoms. The van der Waals surface area contributed by atoms with Crippen LogP contribution in [-0.4, -0.2) is 22.8 Å². The lowest BCUT2D eigenvalue weighted by Gasteiger charge is -2.10. The molecule has 0 bridgehead atoms. The Morgan fingerprint density at radius 1 is 1.14 bits per heavy atom. The van der Waals surface area contributed by atoms with Crippen LogP contribution in [0, 0.1) is 0 Å². The molecule has 1 aromatic carbocycles. The summed E-state index contributed by atoms with van der Waals surface area (Å²) in [6.07, 6.45) is 5.85. The van der Waals surface area contributed by atoms with Crippen molar-refractivity contribution in [1.82, 2.24) is 4.98 Å². The van der Waals surface area contributed by atoms with Crippen molar-refractivity contribution in [2.45, 2.75) is 38.2 Å². The Hall–Kier alpha value is -1.87. The first-order chi connectivity index (χ1) is 10.3. The van der Waals surface area contributed by atoms with Crippen LogP contribution in [0.4, 0.5) is 0 Å². The standard InChI is InChI=1S/C18H21NO2/c20-17(8-6-16-3-1-2-11-19-16)7-4-14-5-9-18-15(13-14)10-12-21-18/h1-3,5,9,11,13,17,20H,4,6-8,10,12H2. The molecule has 3 rings (SSSR count). The molecule has 0 saturated carbocycles. The van der Waals surface area contributed by atoms with Crippen molar-refractivity contribution in [2.24, 2.45) is 0 Å². The van der Waals surface area contributed by atoms with Crippen molar-refractivity contribution < 1.29 is 9.84 Å². The fourth-order valence-corrected chi connectivity index (χ4v) is 2.73. The van der Waals surface area contributed by atoms with Gasteiger partial charge in [-0.25, -0.2) is 0 Å². The van der Waals surface area contributed by atoms with Crippen LogP contribution in [0.15, 0.2) is 42.6 Å². The van der Waals surface area contributed by atoms with Gasteiger partial charge in [0.15, 0.2) is 0 Å². The second-order valence-corrected chi connectivity index (χ2v) is 5.59. The number of aliphatic hydroxyl groups excluding tert-OH is 1. The zero-order chi connectivity index (χ0) is 14.5. The van der Waals surface area contributed by atoms with E-state index < -0.39 is 0 Å². The summed E-state index contributed by atoms with van der Waals surface area (Å²) in [5.74, 6) is 1.02. The van der Waals surface area contributed by atoms with Crippen molar-refractivity contribution in [3.63, 3.8) is 0 Å². The van der Waals surface area contributed by atoms with Crippen LogP contribution in [0.25, 0.3) is 0 Å². The van der Waals surface area contributed by atoms with E-state index in [1.807, 2.05) is 18.2 Å². The normalized spacial score (nSPS) is 14.5. The van der Waals surface area contributed by atoms with Gasteiger partial charge >= 0.3 is 0 Å². The van der Waals surface area contributed by atoms with E-state index in [0.717, 1.165) is 50.2 Å². The highest BCUT2D eigenvalue weighted by Gasteiger charge is 2.12. The lowest BCUT2D eigenvalue weighted by molar-refractivity contribution is 0.155. The minimum absolute atomic E-state index is 0.267. The van der Waals surface area contributed by atoms with Crippen LogP contribution < -0.4 is 4.74 Å². The molecule has 1 N–H and O–H groups in total. The average Bonchev–Trinajstić information content (AvgIpc) is 2.99. The zero-order valence-electron chi connectivity index (χ0n) is 12.2. The van der Waals surface area contributed by atoms with Crippen molar-refractivity contribution >= 4 is 0 Å². The molecule has 1 unspecified atom stereocenters. The first-order valence-corrected chi connectivity index (χ1v) is 7.64. The third kappa shape index (κ3) is 3.82. The van der Waals surface area contributed by atoms with E-state index in [1.54, 1.807) is 6.20 Å². The number of benzene rings is 1. The van der Waals surface area contributed by atoms with E-state index in [-0.39, 0.29) is 6.10 Å². The maximum Gasteiger partial charge on any atom is 0.122 e. The molecule has 2 heterocycles. The van der Waals surface area contributed by atoms with Crippen molar-refractivity contribution in [1.29, 1.82) is 0 Å². The maximum atomic E-state index is 10.1. The van der Waals surface area contributed by atoms with Crippen LogP contribution in [0.3, 0.4) is 0 Å². The predicted octanol–water partition coefficient (Wildman–Crippen LogP) is 2.94. The second kappa shape index (κ2) is 6.72. The molecule has 1 aromatic heterocycles. The molecule has 2 aromatic rings. The number of pyridine rings is 1. The van der Waals surface area contributed by atoms with E-state index in [0.29, 0.717) is 0 Å². The largest absolute Gasteiger partial charge is 0.493 e. The molecule has 110 valence electrons. The molecule has 0 radical (unpaired) electrons. The van der Waals surface area contributed by atoms with E-state index in [9.17, 15) is 5.11 Å². The summed E-state index contributed by atoms with van der Waals surface area (Å²) < 4.78 is 5.51. The Labute approximate surface area is 125 Å². The highest BCUT2D eigenvalue weighted by Crippen LogP contribution is 2.26. The van der Waals surface area contributed by atoms with Gasteiger partial charge in [-0.3, -0.25) is 4.98 Å². The first kappa shape index (κ1) is 14.1. The number of aryl methyl sites for hydroxylation is 2. The number of ether oxygens (including phenoxy) is 1. The Morgan fingerprint density at radius 3 is 2.90 bits per heavy atom. The minimum atomic E-state index is -0.267. The van der Waals surface area contributed by atoms with Gasteiger partial charge in [0.1, 0.15) is 5.75 Å². The Morgan fingerprint density at radius 2 is 2.05 bits per heavy atom. The monoisotopic (exact) mass is 283 g/mol. The third-order valence-electron chi connectivity index (χ3n) is 3.98. The molecular weight excluding hydrogens is 262 g/mol. The Balaban J connectivity index is 1.46. The van der Waals surface area contributed by atoms with Crippen molar-refractivity contribution in [3.05, 3.63) is 59.4 Å². The quantitative estimate of drug-likeness (QED) is 0.886. The van der Waals surface area contributed by atoms with Gasteiger partial charge in [-0.1, -0.05) is 18.2 Å². The predicted molar refractivity (Wildman–Crippen MR) is 82.5 cm³/mol. The SMILES string of the molecule is OC(CCc1ccc2c(c1)CCO2)CCc1ccccn1. The van der Waals surface area contributed by atoms with Crippen LogP contribution >= 0.6 is 0 Å². The number of aliphatic hydroxyl groups is 1. The average molecular weight is 283 g/mol. The second-order valence-electron chi connectivity index (χ2n) is 5.59. The number of nitrogens with zero attached hydrogens (tertiary/aromatic N) is 1. The van der Waals surface area contributed by atoms with E-state index in [4.69, 9.17) is 4.74 Å². The molecule has 0 fully saturated rings. The first-order valence-electron chi connectivity index (χ1n) is 7.64. The lowest BCUT2D eigenvalue weighted by Crippen LogP contribution is -2.09. The summed E-state index contributed by atoms with van der Waals surface area (Å²) in [6.45, 7) is 0.797. The summed E-state index contributed by atoms with van der Waals surface area (Å²) in [5.41, 5.74) is 3.64. The Bertz CT molecular complexity index is 583. The number of rotatable bonds is 6. The number of aromatic nitrogens is 1. The van der Waals surface area contributed by atoms with E-state index in [2.05, 4.69) is 23.2 Å². The van der Waals surface area contributed by atoms with E-state index >= 15 is 0 Å². The lowest BCUT2D eigenvalue weighted by atomic mass is 10.0. The molecule has 0 spiro atoms. The molecule has 3 nitrogen and oxygen atoms in total. The van der Waals surface area contributed by atoms with Gasteiger partial charge in [0.2, 0.25) is 0 Å². The van der Waals surface area contributed by atoms with E-state index in [1.165, 1.54) is 11.1 Å². The maximum absolute atomic E-state index is 10.1. The summed E-state index contributed by atoms with van der Waals surface area (Å²) in [6, 6.07) is 12.3. The molecule has 0 saturated heterocycles. The van der Waals surface area contributed by atoms with Crippen molar-refractivity contribution in [3.8, 4) is 5.75 Å². The molecule has 1 aliphatic rings. The van der Waals surface area contributed by atoms with Crippen LogP contribution in [0.2, 0.25) is 0 Å². The van der Waals surface area contributed by atoms with Crippen LogP contribution in [-0.2, 0) is 19.3 Å². The number of hydrogen-bond acceptors (Lipinski definition) is 3. The molecule has 0 amide bonds. The van der Waals surface area contributed by atoms with Gasteiger partial charge in [-0.05, 0) is 55.0 Å². The summed E-state index contributed by atoms with van der Waals surface area (Å²) >= 11 is 0. The van der Waals surface area contributed by atoms with Gasteiger partial charge in [0.05, 0.1) is 12.7 Å². The fourth-order valence-electron chi connectivity index (χ4n) is 2.73. The molecular formula is C18H21NO2. The fraction of sp³-hybridized carbons (Fsp3) is 0.389. The number of hydrogen-bond donors (Lipinski definition) is 1. The van der Waals surface area contributed by atoms with Gasteiger partial charge in [-0.15, -0.1) is 0 Å². The van der Waals surface area contributed by atoms with Crippen LogP contribution in [0.1, 0.15) is 29.7 Å². The molecule has 1 atom stereocenters. The van der Waals surface area contributed by atoms with Gasteiger partial charge in [0, 0.05) is 18.3 Å².